The highest BCUT2D eigenvalue weighted by molar-refractivity contribution is 9.10. The quantitative estimate of drug-likeness (QED) is 0.895. The maximum Gasteiger partial charge on any atom is 0.0582 e. The van der Waals surface area contributed by atoms with Gasteiger partial charge in [-0.1, -0.05) is 15.9 Å². The van der Waals surface area contributed by atoms with E-state index in [-0.39, 0.29) is 6.04 Å². The van der Waals surface area contributed by atoms with Gasteiger partial charge < -0.3 is 10.6 Å². The standard InChI is InChI=1S/C10H16BrN3/c1-14(2)6-4-9(12)10-7-8(11)3-5-13-10/h3,5,7,9H,4,6,12H2,1-2H3. The number of nitrogens with zero attached hydrogens (tertiary/aromatic N) is 2. The third kappa shape index (κ3) is 3.74. The molecule has 0 bridgehead atoms. The molecule has 3 nitrogen and oxygen atoms in total. The van der Waals surface area contributed by atoms with Gasteiger partial charge in [-0.2, -0.15) is 0 Å². The lowest BCUT2D eigenvalue weighted by Crippen LogP contribution is -2.20. The molecular weight excluding hydrogens is 242 g/mol. The Morgan fingerprint density at radius 3 is 2.86 bits per heavy atom. The van der Waals surface area contributed by atoms with Crippen molar-refractivity contribution in [2.75, 3.05) is 20.6 Å². The maximum atomic E-state index is 6.00. The predicted octanol–water partition coefficient (Wildman–Crippen LogP) is 1.80. The summed E-state index contributed by atoms with van der Waals surface area (Å²) in [4.78, 5) is 6.37. The first-order valence-corrected chi connectivity index (χ1v) is 5.40. The Hall–Kier alpha value is -0.450. The topological polar surface area (TPSA) is 42.1 Å². The van der Waals surface area contributed by atoms with Gasteiger partial charge in [-0.25, -0.2) is 0 Å². The zero-order valence-corrected chi connectivity index (χ0v) is 10.2. The monoisotopic (exact) mass is 257 g/mol. The number of hydrogen-bond donors (Lipinski definition) is 1. The summed E-state index contributed by atoms with van der Waals surface area (Å²) in [7, 11) is 4.09. The van der Waals surface area contributed by atoms with Gasteiger partial charge in [0.1, 0.15) is 0 Å². The second-order valence-electron chi connectivity index (χ2n) is 3.60. The minimum Gasteiger partial charge on any atom is -0.323 e. The van der Waals surface area contributed by atoms with Crippen LogP contribution in [0.2, 0.25) is 0 Å². The van der Waals surface area contributed by atoms with E-state index in [2.05, 4.69) is 25.8 Å². The molecule has 4 heteroatoms. The third-order valence-electron chi connectivity index (χ3n) is 2.01. The summed E-state index contributed by atoms with van der Waals surface area (Å²) >= 11 is 3.40. The third-order valence-corrected chi connectivity index (χ3v) is 2.50. The molecule has 0 spiro atoms. The van der Waals surface area contributed by atoms with E-state index >= 15 is 0 Å². The maximum absolute atomic E-state index is 6.00. The second kappa shape index (κ2) is 5.44. The van der Waals surface area contributed by atoms with Gasteiger partial charge in [-0.3, -0.25) is 4.98 Å². The molecule has 0 saturated heterocycles. The highest BCUT2D eigenvalue weighted by atomic mass is 79.9. The van der Waals surface area contributed by atoms with E-state index in [1.165, 1.54) is 0 Å². The van der Waals surface area contributed by atoms with Crippen molar-refractivity contribution in [3.63, 3.8) is 0 Å². The van der Waals surface area contributed by atoms with E-state index in [0.29, 0.717) is 0 Å². The van der Waals surface area contributed by atoms with Crippen molar-refractivity contribution in [2.24, 2.45) is 5.73 Å². The molecule has 78 valence electrons. The van der Waals surface area contributed by atoms with Gasteiger partial charge in [0, 0.05) is 16.7 Å². The number of rotatable bonds is 4. The number of halogens is 1. The summed E-state index contributed by atoms with van der Waals surface area (Å²) in [6, 6.07) is 3.90. The van der Waals surface area contributed by atoms with Crippen LogP contribution in [0.4, 0.5) is 0 Å². The number of hydrogen-bond acceptors (Lipinski definition) is 3. The smallest absolute Gasteiger partial charge is 0.0582 e. The lowest BCUT2D eigenvalue weighted by Gasteiger charge is -2.14. The van der Waals surface area contributed by atoms with Crippen molar-refractivity contribution < 1.29 is 0 Å². The molecule has 1 atom stereocenters. The van der Waals surface area contributed by atoms with Crippen LogP contribution in [0.3, 0.4) is 0 Å². The van der Waals surface area contributed by atoms with Crippen molar-refractivity contribution in [3.8, 4) is 0 Å². The minimum absolute atomic E-state index is 0.0231. The fourth-order valence-electron chi connectivity index (χ4n) is 1.17. The van der Waals surface area contributed by atoms with Crippen LogP contribution < -0.4 is 5.73 Å². The van der Waals surface area contributed by atoms with Crippen LogP contribution in [0.25, 0.3) is 0 Å². The van der Waals surface area contributed by atoms with E-state index in [1.807, 2.05) is 26.2 Å². The number of aromatic nitrogens is 1. The van der Waals surface area contributed by atoms with Gasteiger partial charge in [0.25, 0.3) is 0 Å². The SMILES string of the molecule is CN(C)CCC(N)c1cc(Br)ccn1. The van der Waals surface area contributed by atoms with Gasteiger partial charge in [-0.15, -0.1) is 0 Å². The van der Waals surface area contributed by atoms with E-state index < -0.39 is 0 Å². The Morgan fingerprint density at radius 2 is 2.29 bits per heavy atom. The molecule has 0 saturated carbocycles. The molecule has 0 aromatic carbocycles. The first-order chi connectivity index (χ1) is 6.59. The number of nitrogens with two attached hydrogens (primary N) is 1. The highest BCUT2D eigenvalue weighted by Gasteiger charge is 2.07. The highest BCUT2D eigenvalue weighted by Crippen LogP contribution is 2.16. The normalized spacial score (nSPS) is 13.2. The largest absolute Gasteiger partial charge is 0.323 e. The number of pyridine rings is 1. The second-order valence-corrected chi connectivity index (χ2v) is 4.51. The van der Waals surface area contributed by atoms with Crippen LogP contribution in [-0.4, -0.2) is 30.5 Å². The van der Waals surface area contributed by atoms with Crippen LogP contribution in [0.15, 0.2) is 22.8 Å². The molecule has 1 rings (SSSR count). The summed E-state index contributed by atoms with van der Waals surface area (Å²) in [5.74, 6) is 0. The summed E-state index contributed by atoms with van der Waals surface area (Å²) in [6.45, 7) is 0.982. The Labute approximate surface area is 93.4 Å². The lowest BCUT2D eigenvalue weighted by molar-refractivity contribution is 0.381. The molecular formula is C10H16BrN3. The van der Waals surface area contributed by atoms with Crippen molar-refractivity contribution in [2.45, 2.75) is 12.5 Å². The van der Waals surface area contributed by atoms with Crippen molar-refractivity contribution in [3.05, 3.63) is 28.5 Å². The zero-order chi connectivity index (χ0) is 10.6. The van der Waals surface area contributed by atoms with Gasteiger partial charge >= 0.3 is 0 Å². The molecule has 1 unspecified atom stereocenters. The lowest BCUT2D eigenvalue weighted by atomic mass is 10.1. The van der Waals surface area contributed by atoms with Crippen molar-refractivity contribution in [1.82, 2.24) is 9.88 Å². The van der Waals surface area contributed by atoms with Crippen LogP contribution in [0, 0.1) is 0 Å². The molecule has 0 aliphatic rings. The molecule has 1 aromatic rings. The Balaban J connectivity index is 2.56. The zero-order valence-electron chi connectivity index (χ0n) is 8.57. The molecule has 0 amide bonds. The first-order valence-electron chi connectivity index (χ1n) is 4.61. The van der Waals surface area contributed by atoms with Crippen molar-refractivity contribution >= 4 is 15.9 Å². The average molecular weight is 258 g/mol. The Kier molecular flexibility index (Phi) is 4.51. The summed E-state index contributed by atoms with van der Waals surface area (Å²) in [5.41, 5.74) is 6.95. The van der Waals surface area contributed by atoms with E-state index in [1.54, 1.807) is 6.20 Å². The van der Waals surface area contributed by atoms with Crippen LogP contribution in [0.1, 0.15) is 18.2 Å². The molecule has 0 radical (unpaired) electrons. The van der Waals surface area contributed by atoms with Crippen LogP contribution in [-0.2, 0) is 0 Å². The molecule has 0 fully saturated rings. The average Bonchev–Trinajstić information content (AvgIpc) is 2.14. The van der Waals surface area contributed by atoms with E-state index in [0.717, 1.165) is 23.1 Å². The van der Waals surface area contributed by atoms with E-state index in [4.69, 9.17) is 5.73 Å². The molecule has 0 aliphatic carbocycles. The van der Waals surface area contributed by atoms with Gasteiger partial charge in [0.2, 0.25) is 0 Å². The molecule has 14 heavy (non-hydrogen) atoms. The predicted molar refractivity (Wildman–Crippen MR) is 62.0 cm³/mol. The van der Waals surface area contributed by atoms with Crippen LogP contribution >= 0.6 is 15.9 Å². The molecule has 1 aromatic heterocycles. The first kappa shape index (κ1) is 11.6. The minimum atomic E-state index is 0.0231. The molecule has 1 heterocycles. The van der Waals surface area contributed by atoms with E-state index in [9.17, 15) is 0 Å². The fraction of sp³-hybridized carbons (Fsp3) is 0.500. The Bertz CT molecular complexity index is 288. The van der Waals surface area contributed by atoms with Gasteiger partial charge in [0.15, 0.2) is 0 Å². The summed E-state index contributed by atoms with van der Waals surface area (Å²) in [5, 5.41) is 0. The molecule has 2 N–H and O–H groups in total. The van der Waals surface area contributed by atoms with Gasteiger partial charge in [0.05, 0.1) is 5.69 Å². The van der Waals surface area contributed by atoms with Crippen LogP contribution in [0.5, 0.6) is 0 Å². The van der Waals surface area contributed by atoms with Gasteiger partial charge in [-0.05, 0) is 39.2 Å². The fourth-order valence-corrected chi connectivity index (χ4v) is 1.52. The molecule has 0 aliphatic heterocycles. The summed E-state index contributed by atoms with van der Waals surface area (Å²) < 4.78 is 1.03. The Morgan fingerprint density at radius 1 is 1.57 bits per heavy atom. The summed E-state index contributed by atoms with van der Waals surface area (Å²) in [6.07, 6.45) is 2.70. The van der Waals surface area contributed by atoms with Crippen molar-refractivity contribution in [1.29, 1.82) is 0 Å².